The smallest absolute Gasteiger partial charge is 0.150 e. The Morgan fingerprint density at radius 3 is 2.70 bits per heavy atom. The Morgan fingerprint density at radius 1 is 1.15 bits per heavy atom. The van der Waals surface area contributed by atoms with Crippen LogP contribution in [-0.4, -0.2) is 28.0 Å². The molecule has 3 aromatic heterocycles. The molecule has 4 nitrogen and oxygen atoms in total. The molecule has 0 saturated heterocycles. The first-order valence-corrected chi connectivity index (χ1v) is 11.3. The van der Waals surface area contributed by atoms with E-state index in [0.29, 0.717) is 5.92 Å². The van der Waals surface area contributed by atoms with Gasteiger partial charge >= 0.3 is 0 Å². The molecule has 144 valence electrons. The number of aryl methyl sites for hydroxylation is 1. The Morgan fingerprint density at radius 2 is 1.96 bits per heavy atom. The van der Waals surface area contributed by atoms with Crippen molar-refractivity contribution >= 4 is 37.6 Å². The summed E-state index contributed by atoms with van der Waals surface area (Å²) in [6, 6.07) is 0. The first-order valence-electron chi connectivity index (χ1n) is 10.5. The van der Waals surface area contributed by atoms with E-state index in [1.54, 1.807) is 17.7 Å². The average molecular weight is 383 g/mol. The number of rotatable bonds is 7. The molecule has 0 atom stereocenters. The first kappa shape index (κ1) is 18.6. The van der Waals surface area contributed by atoms with Gasteiger partial charge in [0.2, 0.25) is 0 Å². The maximum absolute atomic E-state index is 5.14. The van der Waals surface area contributed by atoms with Gasteiger partial charge in [-0.3, -0.25) is 0 Å². The van der Waals surface area contributed by atoms with Crippen LogP contribution in [0.5, 0.6) is 0 Å². The third kappa shape index (κ3) is 3.31. The largest absolute Gasteiger partial charge is 0.356 e. The molecule has 27 heavy (non-hydrogen) atoms. The van der Waals surface area contributed by atoms with Crippen LogP contribution in [0.25, 0.3) is 20.4 Å². The number of unbranched alkanes of at least 4 members (excludes halogenated alkanes) is 1. The predicted molar refractivity (Wildman–Crippen MR) is 116 cm³/mol. The Kier molecular flexibility index (Phi) is 5.31. The van der Waals surface area contributed by atoms with Crippen molar-refractivity contribution in [2.75, 3.05) is 18.0 Å². The van der Waals surface area contributed by atoms with E-state index >= 15 is 0 Å². The monoisotopic (exact) mass is 382 g/mol. The Bertz CT molecular complexity index is 960. The minimum absolute atomic E-state index is 0.633. The zero-order valence-electron chi connectivity index (χ0n) is 17.0. The molecular formula is C22H30N4S. The minimum Gasteiger partial charge on any atom is -0.356 e. The summed E-state index contributed by atoms with van der Waals surface area (Å²) in [6.07, 6.45) is 8.80. The first-order chi connectivity index (χ1) is 13.1. The van der Waals surface area contributed by atoms with Gasteiger partial charge in [0, 0.05) is 24.2 Å². The molecule has 5 heteroatoms. The molecule has 0 radical (unpaired) electrons. The van der Waals surface area contributed by atoms with Crippen LogP contribution in [0.1, 0.15) is 63.8 Å². The van der Waals surface area contributed by atoms with Gasteiger partial charge in [-0.15, -0.1) is 11.3 Å². The lowest BCUT2D eigenvalue weighted by molar-refractivity contribution is 0.632. The molecule has 0 N–H and O–H groups in total. The van der Waals surface area contributed by atoms with Gasteiger partial charge in [0.05, 0.1) is 10.2 Å². The van der Waals surface area contributed by atoms with E-state index in [1.165, 1.54) is 52.6 Å². The zero-order chi connectivity index (χ0) is 19.0. The molecular weight excluding hydrogens is 352 g/mol. The van der Waals surface area contributed by atoms with E-state index in [-0.39, 0.29) is 0 Å². The number of nitrogens with zero attached hydrogens (tertiary/aromatic N) is 4. The van der Waals surface area contributed by atoms with E-state index in [2.05, 4.69) is 37.6 Å². The summed E-state index contributed by atoms with van der Waals surface area (Å²) in [6.45, 7) is 11.1. The molecule has 0 amide bonds. The van der Waals surface area contributed by atoms with Crippen LogP contribution in [0.15, 0.2) is 6.33 Å². The fraction of sp³-hybridized carbons (Fsp3) is 0.591. The molecule has 0 saturated carbocycles. The molecule has 0 spiro atoms. The van der Waals surface area contributed by atoms with E-state index in [4.69, 9.17) is 9.97 Å². The number of hydrogen-bond acceptors (Lipinski definition) is 5. The summed E-state index contributed by atoms with van der Waals surface area (Å²) in [5.74, 6) is 1.73. The Hall–Kier alpha value is -1.75. The minimum atomic E-state index is 0.633. The number of thiophene rings is 1. The van der Waals surface area contributed by atoms with Crippen LogP contribution in [-0.2, 0) is 19.3 Å². The highest BCUT2D eigenvalue weighted by Crippen LogP contribution is 2.42. The summed E-state index contributed by atoms with van der Waals surface area (Å²) in [4.78, 5) is 18.1. The molecule has 3 aromatic rings. The molecule has 0 fully saturated rings. The van der Waals surface area contributed by atoms with Crippen molar-refractivity contribution in [3.05, 3.63) is 23.1 Å². The lowest BCUT2D eigenvalue weighted by Gasteiger charge is -2.21. The molecule has 0 unspecified atom stereocenters. The summed E-state index contributed by atoms with van der Waals surface area (Å²) >= 11 is 1.79. The van der Waals surface area contributed by atoms with E-state index in [0.717, 1.165) is 42.1 Å². The van der Waals surface area contributed by atoms with Crippen LogP contribution in [0.3, 0.4) is 0 Å². The molecule has 4 rings (SSSR count). The van der Waals surface area contributed by atoms with Gasteiger partial charge in [-0.25, -0.2) is 15.0 Å². The van der Waals surface area contributed by atoms with Crippen LogP contribution < -0.4 is 4.90 Å². The van der Waals surface area contributed by atoms with Gasteiger partial charge in [0.25, 0.3) is 0 Å². The highest BCUT2D eigenvalue weighted by molar-refractivity contribution is 7.26. The third-order valence-electron chi connectivity index (χ3n) is 5.60. The molecule has 0 aromatic carbocycles. The number of anilines is 1. The lowest BCUT2D eigenvalue weighted by Crippen LogP contribution is -2.24. The predicted octanol–water partition coefficient (Wildman–Crippen LogP) is 5.55. The van der Waals surface area contributed by atoms with Crippen LogP contribution in [0.2, 0.25) is 0 Å². The number of pyridine rings is 1. The fourth-order valence-corrected chi connectivity index (χ4v) is 5.50. The maximum Gasteiger partial charge on any atom is 0.150 e. The van der Waals surface area contributed by atoms with Crippen molar-refractivity contribution < 1.29 is 0 Å². The molecule has 3 heterocycles. The van der Waals surface area contributed by atoms with Crippen molar-refractivity contribution in [1.82, 2.24) is 15.0 Å². The molecule has 1 aliphatic carbocycles. The quantitative estimate of drug-likeness (QED) is 0.537. The average Bonchev–Trinajstić information content (AvgIpc) is 3.26. The second-order valence-electron chi connectivity index (χ2n) is 8.06. The molecule has 1 aliphatic rings. The second-order valence-corrected chi connectivity index (χ2v) is 9.06. The van der Waals surface area contributed by atoms with Gasteiger partial charge in [0.1, 0.15) is 17.0 Å². The third-order valence-corrected chi connectivity index (χ3v) is 6.67. The summed E-state index contributed by atoms with van der Waals surface area (Å²) in [5, 5.41) is 1.31. The zero-order valence-corrected chi connectivity index (χ0v) is 17.8. The highest BCUT2D eigenvalue weighted by Gasteiger charge is 2.25. The SMILES string of the molecule is CCCCN(CC)c1ncnc2c1sc1nc(CC(C)C)c3c(c12)CCC3. The molecule has 0 aliphatic heterocycles. The summed E-state index contributed by atoms with van der Waals surface area (Å²) < 4.78 is 1.22. The van der Waals surface area contributed by atoms with Gasteiger partial charge in [-0.05, 0) is 56.1 Å². The van der Waals surface area contributed by atoms with Crippen LogP contribution in [0, 0.1) is 5.92 Å². The van der Waals surface area contributed by atoms with Crippen molar-refractivity contribution in [1.29, 1.82) is 0 Å². The summed E-state index contributed by atoms with van der Waals surface area (Å²) in [5.41, 5.74) is 5.47. The van der Waals surface area contributed by atoms with Gasteiger partial charge in [-0.2, -0.15) is 0 Å². The van der Waals surface area contributed by atoms with Gasteiger partial charge < -0.3 is 4.90 Å². The maximum atomic E-state index is 5.14. The van der Waals surface area contributed by atoms with E-state index < -0.39 is 0 Å². The van der Waals surface area contributed by atoms with E-state index in [1.807, 2.05) is 0 Å². The summed E-state index contributed by atoms with van der Waals surface area (Å²) in [7, 11) is 0. The van der Waals surface area contributed by atoms with Gasteiger partial charge in [0.15, 0.2) is 0 Å². The van der Waals surface area contributed by atoms with Crippen molar-refractivity contribution in [3.8, 4) is 0 Å². The topological polar surface area (TPSA) is 41.9 Å². The van der Waals surface area contributed by atoms with Crippen molar-refractivity contribution in [3.63, 3.8) is 0 Å². The number of hydrogen-bond donors (Lipinski definition) is 0. The Labute approximate surface area is 166 Å². The second kappa shape index (κ2) is 7.70. The normalized spacial score (nSPS) is 13.8. The Balaban J connectivity index is 1.92. The lowest BCUT2D eigenvalue weighted by atomic mass is 9.99. The fourth-order valence-electron chi connectivity index (χ4n) is 4.31. The van der Waals surface area contributed by atoms with Crippen LogP contribution in [0.4, 0.5) is 5.82 Å². The van der Waals surface area contributed by atoms with Crippen molar-refractivity contribution in [2.45, 2.75) is 66.2 Å². The number of fused-ring (bicyclic) bond motifs is 5. The van der Waals surface area contributed by atoms with Gasteiger partial charge in [-0.1, -0.05) is 27.2 Å². The van der Waals surface area contributed by atoms with E-state index in [9.17, 15) is 0 Å². The highest BCUT2D eigenvalue weighted by atomic mass is 32.1. The van der Waals surface area contributed by atoms with Crippen molar-refractivity contribution in [2.24, 2.45) is 5.92 Å². The molecule has 0 bridgehead atoms. The number of aromatic nitrogens is 3. The van der Waals surface area contributed by atoms with Crippen LogP contribution >= 0.6 is 11.3 Å². The standard InChI is InChI=1S/C22H30N4S/c1-5-7-11-26(6-2)21-20-19(23-13-24-21)18-16-10-8-9-15(16)17(12-14(3)4)25-22(18)27-20/h13-14H,5-12H2,1-4H3.